The first kappa shape index (κ1) is 27.0. The Morgan fingerprint density at radius 2 is 1.06 bits per heavy atom. The summed E-state index contributed by atoms with van der Waals surface area (Å²) in [4.78, 5) is 17.4. The Hall–Kier alpha value is -6.39. The number of hydrogen-bond donors (Lipinski definition) is 0. The molecule has 0 bridgehead atoms. The molecule has 4 heteroatoms. The minimum atomic E-state index is 0.677. The van der Waals surface area contributed by atoms with Gasteiger partial charge in [-0.25, -0.2) is 15.0 Å². The smallest absolute Gasteiger partial charge is 0.160 e. The molecule has 0 aliphatic carbocycles. The first-order valence-electron chi connectivity index (χ1n) is 15.8. The van der Waals surface area contributed by atoms with Crippen molar-refractivity contribution in [3.05, 3.63) is 170 Å². The number of hydrogen-bond acceptors (Lipinski definition) is 4. The molecule has 6 aromatic carbocycles. The van der Waals surface area contributed by atoms with Gasteiger partial charge in [-0.05, 0) is 70.6 Å². The van der Waals surface area contributed by atoms with Gasteiger partial charge in [0.25, 0.3) is 0 Å². The van der Waals surface area contributed by atoms with E-state index in [0.717, 1.165) is 50.8 Å². The quantitative estimate of drug-likeness (QED) is 0.197. The highest BCUT2D eigenvalue weighted by molar-refractivity contribution is 6.14. The van der Waals surface area contributed by atoms with Crippen molar-refractivity contribution in [3.63, 3.8) is 0 Å². The molecule has 1 aliphatic rings. The van der Waals surface area contributed by atoms with E-state index >= 15 is 0 Å². The molecule has 2 aromatic heterocycles. The van der Waals surface area contributed by atoms with Crippen molar-refractivity contribution < 1.29 is 0 Å². The van der Waals surface area contributed by atoms with Crippen LogP contribution in [0.5, 0.6) is 0 Å². The minimum Gasteiger partial charge on any atom is -0.294 e. The summed E-state index contributed by atoms with van der Waals surface area (Å²) in [5.74, 6) is 1.58. The van der Waals surface area contributed by atoms with Crippen molar-refractivity contribution in [2.75, 3.05) is 4.90 Å². The lowest BCUT2D eigenvalue weighted by Crippen LogP contribution is -2.16. The average Bonchev–Trinajstić information content (AvgIpc) is 3.16. The Morgan fingerprint density at radius 3 is 1.77 bits per heavy atom. The molecule has 0 saturated heterocycles. The van der Waals surface area contributed by atoms with Crippen LogP contribution in [0.1, 0.15) is 0 Å². The van der Waals surface area contributed by atoms with Crippen molar-refractivity contribution in [1.29, 1.82) is 0 Å². The van der Waals surface area contributed by atoms with Gasteiger partial charge in [-0.15, -0.1) is 0 Å². The molecule has 4 nitrogen and oxygen atoms in total. The Morgan fingerprint density at radius 1 is 0.426 bits per heavy atom. The van der Waals surface area contributed by atoms with Gasteiger partial charge in [0, 0.05) is 39.5 Å². The van der Waals surface area contributed by atoms with Gasteiger partial charge >= 0.3 is 0 Å². The lowest BCUT2D eigenvalue weighted by molar-refractivity contribution is 1.16. The summed E-state index contributed by atoms with van der Waals surface area (Å²) in [6, 6.07) is 57.1. The fourth-order valence-electron chi connectivity index (χ4n) is 6.64. The molecule has 0 radical (unpaired) electrons. The molecule has 8 aromatic rings. The van der Waals surface area contributed by atoms with E-state index in [0.29, 0.717) is 5.82 Å². The van der Waals surface area contributed by atoms with Crippen LogP contribution in [0.15, 0.2) is 170 Å². The van der Waals surface area contributed by atoms with Crippen LogP contribution < -0.4 is 4.90 Å². The van der Waals surface area contributed by atoms with Gasteiger partial charge in [0.15, 0.2) is 5.82 Å². The summed E-state index contributed by atoms with van der Waals surface area (Å²) in [5.41, 5.74) is 11.6. The first-order valence-corrected chi connectivity index (χ1v) is 15.8. The SMILES string of the molecule is c1ccc(-c2cc3c4c(cccc4c2)N(c2cccc(-c4nc(-c5ccccc5)cc(-c5ccccc5)n4)c2)c2ncccc2-3)cc1. The van der Waals surface area contributed by atoms with Crippen molar-refractivity contribution in [2.45, 2.75) is 0 Å². The zero-order valence-corrected chi connectivity index (χ0v) is 25.5. The fraction of sp³-hybridized carbons (Fsp3) is 0. The summed E-state index contributed by atoms with van der Waals surface area (Å²) in [5, 5.41) is 2.41. The standard InChI is InChI=1S/C43H28N4/c1-4-13-29(14-5-1)34-25-32-19-11-23-40-41(32)37(27-34)36-22-12-24-44-43(36)47(40)35-21-10-20-33(26-35)42-45-38(30-15-6-2-7-16-30)28-39(46-42)31-17-8-3-9-18-31/h1-28H. The molecule has 0 atom stereocenters. The fourth-order valence-corrected chi connectivity index (χ4v) is 6.64. The first-order chi connectivity index (χ1) is 23.3. The second-order valence-corrected chi connectivity index (χ2v) is 11.7. The van der Waals surface area contributed by atoms with E-state index in [4.69, 9.17) is 15.0 Å². The maximum Gasteiger partial charge on any atom is 0.160 e. The lowest BCUT2D eigenvalue weighted by Gasteiger charge is -2.32. The summed E-state index contributed by atoms with van der Waals surface area (Å²) in [6.45, 7) is 0. The monoisotopic (exact) mass is 600 g/mol. The Labute approximate surface area is 273 Å². The number of benzene rings is 6. The van der Waals surface area contributed by atoms with Crippen LogP contribution in [-0.4, -0.2) is 15.0 Å². The number of pyridine rings is 1. The van der Waals surface area contributed by atoms with E-state index < -0.39 is 0 Å². The predicted octanol–water partition coefficient (Wildman–Crippen LogP) is 11.1. The van der Waals surface area contributed by atoms with Crippen LogP contribution in [0.2, 0.25) is 0 Å². The van der Waals surface area contributed by atoms with Gasteiger partial charge in [0.1, 0.15) is 5.82 Å². The molecule has 0 unspecified atom stereocenters. The van der Waals surface area contributed by atoms with Crippen molar-refractivity contribution in [2.24, 2.45) is 0 Å². The van der Waals surface area contributed by atoms with Gasteiger partial charge < -0.3 is 0 Å². The van der Waals surface area contributed by atoms with E-state index in [2.05, 4.69) is 126 Å². The predicted molar refractivity (Wildman–Crippen MR) is 193 cm³/mol. The number of anilines is 3. The number of rotatable bonds is 5. The number of fused-ring (bicyclic) bond motifs is 2. The molecule has 0 N–H and O–H groups in total. The Kier molecular flexibility index (Phi) is 6.43. The maximum atomic E-state index is 5.10. The van der Waals surface area contributed by atoms with Gasteiger partial charge in [0.2, 0.25) is 0 Å². The summed E-state index contributed by atoms with van der Waals surface area (Å²) in [6.07, 6.45) is 1.88. The van der Waals surface area contributed by atoms with Crippen LogP contribution in [-0.2, 0) is 0 Å². The summed E-state index contributed by atoms with van der Waals surface area (Å²) < 4.78 is 0. The Balaban J connectivity index is 1.22. The van der Waals surface area contributed by atoms with E-state index in [-0.39, 0.29) is 0 Å². The molecule has 220 valence electrons. The van der Waals surface area contributed by atoms with Crippen molar-refractivity contribution >= 4 is 28.0 Å². The highest BCUT2D eigenvalue weighted by Crippen LogP contribution is 2.51. The normalized spacial score (nSPS) is 11.8. The third-order valence-electron chi connectivity index (χ3n) is 8.82. The zero-order chi connectivity index (χ0) is 31.2. The van der Waals surface area contributed by atoms with Crippen LogP contribution in [0.3, 0.4) is 0 Å². The van der Waals surface area contributed by atoms with Crippen LogP contribution >= 0.6 is 0 Å². The number of aromatic nitrogens is 3. The molecule has 47 heavy (non-hydrogen) atoms. The van der Waals surface area contributed by atoms with Crippen molar-refractivity contribution in [1.82, 2.24) is 15.0 Å². The van der Waals surface area contributed by atoms with E-state index in [1.807, 2.05) is 48.7 Å². The number of nitrogens with zero attached hydrogens (tertiary/aromatic N) is 4. The molecule has 9 rings (SSSR count). The molecular formula is C43H28N4. The van der Waals surface area contributed by atoms with Gasteiger partial charge in [-0.2, -0.15) is 0 Å². The molecule has 1 aliphatic heterocycles. The third kappa shape index (κ3) is 4.75. The molecule has 0 spiro atoms. The van der Waals surface area contributed by atoms with E-state index in [9.17, 15) is 0 Å². The van der Waals surface area contributed by atoms with Gasteiger partial charge in [-0.1, -0.05) is 115 Å². The molecule has 0 fully saturated rings. The topological polar surface area (TPSA) is 41.9 Å². The Bertz CT molecular complexity index is 2350. The van der Waals surface area contributed by atoms with Crippen LogP contribution in [0.4, 0.5) is 17.2 Å². The highest BCUT2D eigenvalue weighted by Gasteiger charge is 2.28. The second-order valence-electron chi connectivity index (χ2n) is 11.7. The average molecular weight is 601 g/mol. The largest absolute Gasteiger partial charge is 0.294 e. The van der Waals surface area contributed by atoms with E-state index in [1.54, 1.807) is 0 Å². The van der Waals surface area contributed by atoms with Gasteiger partial charge in [0.05, 0.1) is 17.1 Å². The molecule has 3 heterocycles. The van der Waals surface area contributed by atoms with Crippen LogP contribution in [0.25, 0.3) is 66.9 Å². The maximum absolute atomic E-state index is 5.10. The van der Waals surface area contributed by atoms with E-state index in [1.165, 1.54) is 27.5 Å². The second kappa shape index (κ2) is 11.2. The van der Waals surface area contributed by atoms with Crippen molar-refractivity contribution in [3.8, 4) is 56.2 Å². The molecule has 0 amide bonds. The van der Waals surface area contributed by atoms with Gasteiger partial charge in [-0.3, -0.25) is 4.90 Å². The highest BCUT2D eigenvalue weighted by atomic mass is 15.2. The van der Waals surface area contributed by atoms with Crippen LogP contribution in [0, 0.1) is 0 Å². The summed E-state index contributed by atoms with van der Waals surface area (Å²) in [7, 11) is 0. The lowest BCUT2D eigenvalue weighted by atomic mass is 9.89. The minimum absolute atomic E-state index is 0.677. The molecule has 0 saturated carbocycles. The third-order valence-corrected chi connectivity index (χ3v) is 8.82. The summed E-state index contributed by atoms with van der Waals surface area (Å²) >= 11 is 0. The molecular weight excluding hydrogens is 573 g/mol. The zero-order valence-electron chi connectivity index (χ0n) is 25.5.